The van der Waals surface area contributed by atoms with Gasteiger partial charge in [-0.1, -0.05) is 46.3 Å². The standard InChI is InChI=1S/C14H11BrO2/c1-17-14(16)12-5-3-2-4-10(12)11-7-6-9(15)8-13(11)14/h2-8,16H,1H3. The van der Waals surface area contributed by atoms with Crippen molar-refractivity contribution in [3.05, 3.63) is 58.1 Å². The Bertz CT molecular complexity index is 595. The molecule has 0 radical (unpaired) electrons. The molecule has 0 fully saturated rings. The minimum absolute atomic E-state index is 0.788. The van der Waals surface area contributed by atoms with Crippen LogP contribution < -0.4 is 0 Å². The molecule has 0 amide bonds. The van der Waals surface area contributed by atoms with Crippen molar-refractivity contribution in [2.24, 2.45) is 0 Å². The van der Waals surface area contributed by atoms with Crippen LogP contribution in [0.1, 0.15) is 11.1 Å². The smallest absolute Gasteiger partial charge is 0.220 e. The molecule has 0 heterocycles. The quantitative estimate of drug-likeness (QED) is 0.817. The van der Waals surface area contributed by atoms with Crippen molar-refractivity contribution >= 4 is 15.9 Å². The lowest BCUT2D eigenvalue weighted by atomic mass is 10.0. The summed E-state index contributed by atoms with van der Waals surface area (Å²) in [5.41, 5.74) is 3.64. The van der Waals surface area contributed by atoms with Gasteiger partial charge in [0, 0.05) is 22.7 Å². The number of halogens is 1. The van der Waals surface area contributed by atoms with Gasteiger partial charge in [-0.05, 0) is 23.3 Å². The number of aliphatic hydroxyl groups is 1. The SMILES string of the molecule is COC1(O)c2ccccc2-c2ccc(Br)cc21. The van der Waals surface area contributed by atoms with Crippen molar-refractivity contribution in [3.8, 4) is 11.1 Å². The molecule has 0 saturated carbocycles. The van der Waals surface area contributed by atoms with Crippen LogP contribution in [0.2, 0.25) is 0 Å². The van der Waals surface area contributed by atoms with Gasteiger partial charge in [-0.25, -0.2) is 0 Å². The van der Waals surface area contributed by atoms with Crippen LogP contribution in [0.4, 0.5) is 0 Å². The molecule has 17 heavy (non-hydrogen) atoms. The van der Waals surface area contributed by atoms with Gasteiger partial charge >= 0.3 is 0 Å². The molecule has 1 aliphatic rings. The lowest BCUT2D eigenvalue weighted by molar-refractivity contribution is -0.156. The third-order valence-electron chi connectivity index (χ3n) is 3.22. The molecular formula is C14H11BrO2. The Balaban J connectivity index is 2.38. The lowest BCUT2D eigenvalue weighted by Crippen LogP contribution is -2.26. The summed E-state index contributed by atoms with van der Waals surface area (Å²) < 4.78 is 6.27. The van der Waals surface area contributed by atoms with E-state index in [-0.39, 0.29) is 0 Å². The van der Waals surface area contributed by atoms with E-state index in [1.807, 2.05) is 42.5 Å². The van der Waals surface area contributed by atoms with Crippen molar-refractivity contribution in [3.63, 3.8) is 0 Å². The normalized spacial score (nSPS) is 21.1. The minimum Gasteiger partial charge on any atom is -0.358 e. The molecule has 86 valence electrons. The summed E-state index contributed by atoms with van der Waals surface area (Å²) in [5.74, 6) is -1.34. The number of fused-ring (bicyclic) bond motifs is 3. The third-order valence-corrected chi connectivity index (χ3v) is 3.72. The van der Waals surface area contributed by atoms with Gasteiger partial charge in [0.1, 0.15) is 0 Å². The number of ether oxygens (including phenoxy) is 1. The van der Waals surface area contributed by atoms with Crippen molar-refractivity contribution < 1.29 is 9.84 Å². The zero-order chi connectivity index (χ0) is 12.0. The van der Waals surface area contributed by atoms with Crippen LogP contribution in [0.15, 0.2) is 46.9 Å². The molecule has 0 aromatic heterocycles. The molecule has 2 aromatic carbocycles. The first-order valence-electron chi connectivity index (χ1n) is 5.34. The number of benzene rings is 2. The topological polar surface area (TPSA) is 29.5 Å². The molecule has 1 atom stereocenters. The van der Waals surface area contributed by atoms with Crippen molar-refractivity contribution in [2.45, 2.75) is 5.79 Å². The maximum atomic E-state index is 10.7. The molecule has 0 saturated heterocycles. The molecular weight excluding hydrogens is 280 g/mol. The second-order valence-corrected chi connectivity index (χ2v) is 5.00. The van der Waals surface area contributed by atoms with Gasteiger partial charge in [-0.3, -0.25) is 0 Å². The van der Waals surface area contributed by atoms with Crippen LogP contribution in [0.5, 0.6) is 0 Å². The summed E-state index contributed by atoms with van der Waals surface area (Å²) in [7, 11) is 1.52. The second kappa shape index (κ2) is 3.67. The van der Waals surface area contributed by atoms with Gasteiger partial charge in [-0.15, -0.1) is 0 Å². The zero-order valence-electron chi connectivity index (χ0n) is 9.27. The number of rotatable bonds is 1. The van der Waals surface area contributed by atoms with Crippen LogP contribution in [0.25, 0.3) is 11.1 Å². The number of methoxy groups -OCH3 is 1. The Labute approximate surface area is 108 Å². The van der Waals surface area contributed by atoms with Crippen LogP contribution in [-0.2, 0) is 10.5 Å². The minimum atomic E-state index is -1.34. The van der Waals surface area contributed by atoms with E-state index in [1.54, 1.807) is 0 Å². The van der Waals surface area contributed by atoms with E-state index < -0.39 is 5.79 Å². The first-order chi connectivity index (χ1) is 8.16. The molecule has 3 heteroatoms. The van der Waals surface area contributed by atoms with E-state index in [1.165, 1.54) is 7.11 Å². The molecule has 2 aromatic rings. The van der Waals surface area contributed by atoms with Gasteiger partial charge < -0.3 is 9.84 Å². The van der Waals surface area contributed by atoms with Gasteiger partial charge in [-0.2, -0.15) is 0 Å². The Morgan fingerprint density at radius 2 is 1.76 bits per heavy atom. The van der Waals surface area contributed by atoms with E-state index in [4.69, 9.17) is 4.74 Å². The molecule has 2 nitrogen and oxygen atoms in total. The first-order valence-corrected chi connectivity index (χ1v) is 6.13. The van der Waals surface area contributed by atoms with Crippen molar-refractivity contribution in [1.29, 1.82) is 0 Å². The monoisotopic (exact) mass is 290 g/mol. The summed E-state index contributed by atoms with van der Waals surface area (Å²) in [5, 5.41) is 10.7. The Hall–Kier alpha value is -1.16. The Morgan fingerprint density at radius 1 is 1.06 bits per heavy atom. The first kappa shape index (κ1) is 11.0. The van der Waals surface area contributed by atoms with Gasteiger partial charge in [0.05, 0.1) is 0 Å². The fourth-order valence-corrected chi connectivity index (χ4v) is 2.77. The third kappa shape index (κ3) is 1.40. The Kier molecular flexibility index (Phi) is 2.36. The molecule has 0 aliphatic heterocycles. The molecule has 3 rings (SSSR count). The number of hydrogen-bond acceptors (Lipinski definition) is 2. The van der Waals surface area contributed by atoms with Gasteiger partial charge in [0.25, 0.3) is 0 Å². The second-order valence-electron chi connectivity index (χ2n) is 4.08. The van der Waals surface area contributed by atoms with Crippen molar-refractivity contribution in [2.75, 3.05) is 7.11 Å². The maximum absolute atomic E-state index is 10.7. The average Bonchev–Trinajstić information content (AvgIpc) is 2.61. The Morgan fingerprint density at radius 3 is 2.53 bits per heavy atom. The predicted molar refractivity (Wildman–Crippen MR) is 69.6 cm³/mol. The largest absolute Gasteiger partial charge is 0.358 e. The van der Waals surface area contributed by atoms with E-state index in [9.17, 15) is 5.11 Å². The summed E-state index contributed by atoms with van der Waals surface area (Å²) in [4.78, 5) is 0. The molecule has 0 spiro atoms. The summed E-state index contributed by atoms with van der Waals surface area (Å²) in [6.07, 6.45) is 0. The highest BCUT2D eigenvalue weighted by Gasteiger charge is 2.41. The summed E-state index contributed by atoms with van der Waals surface area (Å²) in [6.45, 7) is 0. The van der Waals surface area contributed by atoms with E-state index in [0.29, 0.717) is 0 Å². The van der Waals surface area contributed by atoms with E-state index in [0.717, 1.165) is 26.7 Å². The average molecular weight is 291 g/mol. The molecule has 1 aliphatic carbocycles. The lowest BCUT2D eigenvalue weighted by Gasteiger charge is -2.23. The predicted octanol–water partition coefficient (Wildman–Crippen LogP) is 3.27. The van der Waals surface area contributed by atoms with Crippen molar-refractivity contribution in [1.82, 2.24) is 0 Å². The molecule has 1 N–H and O–H groups in total. The molecule has 1 unspecified atom stereocenters. The van der Waals surface area contributed by atoms with E-state index >= 15 is 0 Å². The number of hydrogen-bond donors (Lipinski definition) is 1. The summed E-state index contributed by atoms with van der Waals surface area (Å²) in [6, 6.07) is 13.6. The maximum Gasteiger partial charge on any atom is 0.220 e. The van der Waals surface area contributed by atoms with Crippen LogP contribution >= 0.6 is 15.9 Å². The van der Waals surface area contributed by atoms with Crippen LogP contribution in [-0.4, -0.2) is 12.2 Å². The summed E-state index contributed by atoms with van der Waals surface area (Å²) >= 11 is 3.42. The zero-order valence-corrected chi connectivity index (χ0v) is 10.9. The van der Waals surface area contributed by atoms with Crippen LogP contribution in [0, 0.1) is 0 Å². The van der Waals surface area contributed by atoms with Gasteiger partial charge in [0.15, 0.2) is 0 Å². The van der Waals surface area contributed by atoms with Crippen LogP contribution in [0.3, 0.4) is 0 Å². The fraction of sp³-hybridized carbons (Fsp3) is 0.143. The fourth-order valence-electron chi connectivity index (χ4n) is 2.41. The molecule has 0 bridgehead atoms. The van der Waals surface area contributed by atoms with E-state index in [2.05, 4.69) is 15.9 Å². The van der Waals surface area contributed by atoms with Gasteiger partial charge in [0.2, 0.25) is 5.79 Å². The highest BCUT2D eigenvalue weighted by Crippen LogP contribution is 2.48. The highest BCUT2D eigenvalue weighted by atomic mass is 79.9. The highest BCUT2D eigenvalue weighted by molar-refractivity contribution is 9.10.